The van der Waals surface area contributed by atoms with E-state index in [1.165, 1.54) is 93.7 Å². The first-order chi connectivity index (χ1) is 33.0. The monoisotopic (exact) mass is 872 g/mol. The first kappa shape index (κ1) is 39.4. The van der Waals surface area contributed by atoms with E-state index in [-0.39, 0.29) is 5.41 Å². The maximum absolute atomic E-state index is 2.72. The quantitative estimate of drug-likeness (QED) is 0.154. The van der Waals surface area contributed by atoms with E-state index in [1.807, 2.05) is 0 Å². The maximum atomic E-state index is 2.54. The molecule has 3 aliphatic rings. The average molecular weight is 873 g/mol. The van der Waals surface area contributed by atoms with Gasteiger partial charge in [0.25, 0.3) is 0 Å². The van der Waals surface area contributed by atoms with E-state index in [4.69, 9.17) is 0 Å². The van der Waals surface area contributed by atoms with Crippen molar-refractivity contribution in [2.24, 2.45) is 0 Å². The Balaban J connectivity index is 0.957. The van der Waals surface area contributed by atoms with E-state index >= 15 is 0 Å². The fourth-order valence-electron chi connectivity index (χ4n) is 12.4. The van der Waals surface area contributed by atoms with E-state index in [0.29, 0.717) is 0 Å². The van der Waals surface area contributed by atoms with Crippen LogP contribution in [-0.2, 0) is 10.8 Å². The van der Waals surface area contributed by atoms with Gasteiger partial charge in [0.2, 0.25) is 0 Å². The summed E-state index contributed by atoms with van der Waals surface area (Å²) in [6.07, 6.45) is 0. The normalized spacial score (nSPS) is 15.3. The molecule has 318 valence electrons. The lowest BCUT2D eigenvalue weighted by Gasteiger charge is -2.46. The molecule has 0 radical (unpaired) electrons. The van der Waals surface area contributed by atoms with E-state index in [2.05, 4.69) is 278 Å². The summed E-state index contributed by atoms with van der Waals surface area (Å²) >= 11 is 0. The van der Waals surface area contributed by atoms with E-state index < -0.39 is 13.5 Å². The first-order valence-corrected chi connectivity index (χ1v) is 25.5. The Morgan fingerprint density at radius 1 is 0.313 bits per heavy atom. The fraction of sp³-hybridized carbons (Fsp3) is 0.0625. The van der Waals surface area contributed by atoms with Crippen LogP contribution in [-0.4, -0.2) is 8.07 Å². The summed E-state index contributed by atoms with van der Waals surface area (Å²) in [6.45, 7) is 4.83. The Hall–Kier alpha value is -7.98. The first-order valence-electron chi connectivity index (χ1n) is 23.5. The molecule has 0 amide bonds. The SMILES string of the molecule is CC1(C)c2cc(N3c4ccccc4C(c4ccccc4)(c4ccccc4)c4ccccc43)ccc2-c2ccc(N3c4ccccc4[Si](c4ccccc4)(c4ccccc4)c4ccccc43)cc21. The minimum absolute atomic E-state index is 0.273. The van der Waals surface area contributed by atoms with Crippen molar-refractivity contribution in [1.29, 1.82) is 0 Å². The Labute approximate surface area is 394 Å². The van der Waals surface area contributed by atoms with Gasteiger partial charge in [-0.2, -0.15) is 0 Å². The second-order valence-electron chi connectivity index (χ2n) is 18.8. The van der Waals surface area contributed by atoms with Crippen LogP contribution in [0.1, 0.15) is 47.2 Å². The number of hydrogen-bond acceptors (Lipinski definition) is 2. The van der Waals surface area contributed by atoms with Crippen molar-refractivity contribution in [2.45, 2.75) is 24.7 Å². The smallest absolute Gasteiger partial charge is 0.184 e. The van der Waals surface area contributed by atoms with Crippen molar-refractivity contribution in [3.8, 4) is 11.1 Å². The molecule has 0 saturated carbocycles. The highest BCUT2D eigenvalue weighted by Crippen LogP contribution is 2.59. The van der Waals surface area contributed by atoms with Crippen LogP contribution in [0, 0.1) is 0 Å². The molecule has 67 heavy (non-hydrogen) atoms. The number of rotatable bonds is 6. The predicted molar refractivity (Wildman–Crippen MR) is 282 cm³/mol. The standard InChI is InChI=1S/C64H48N2Si/c1-63(2)55-43-47(65-57-33-17-15-31-53(57)64(45-23-7-3-8-24-45,46-25-9-4-10-26-46)54-32-16-18-34-58(54)65)39-41-51(55)52-42-40-48(44-56(52)63)66-59-35-19-21-37-61(59)67(49-27-11-5-12-28-49,50-29-13-6-14-30-50)62-38-22-20-36-60(62)66/h3-44H,1-2H3. The van der Waals surface area contributed by atoms with Gasteiger partial charge < -0.3 is 9.80 Å². The lowest BCUT2D eigenvalue weighted by atomic mass is 9.62. The fourth-order valence-corrected chi connectivity index (χ4v) is 17.5. The summed E-state index contributed by atoms with van der Waals surface area (Å²) in [5.74, 6) is 0. The van der Waals surface area contributed by atoms with Crippen molar-refractivity contribution in [3.63, 3.8) is 0 Å². The summed E-state index contributed by atoms with van der Waals surface area (Å²) in [7, 11) is -2.72. The third-order valence-electron chi connectivity index (χ3n) is 15.2. The maximum Gasteiger partial charge on any atom is 0.184 e. The molecule has 0 unspecified atom stereocenters. The number of para-hydroxylation sites is 4. The molecule has 0 aromatic heterocycles. The zero-order chi connectivity index (χ0) is 44.7. The molecule has 3 heteroatoms. The second kappa shape index (κ2) is 15.0. The number of nitrogens with zero attached hydrogens (tertiary/aromatic N) is 2. The van der Waals surface area contributed by atoms with Crippen LogP contribution in [0.2, 0.25) is 0 Å². The van der Waals surface area contributed by atoms with Crippen molar-refractivity contribution >= 4 is 62.9 Å². The minimum atomic E-state index is -2.72. The lowest BCUT2D eigenvalue weighted by Crippen LogP contribution is -2.77. The highest BCUT2D eigenvalue weighted by atomic mass is 28.3. The molecule has 0 fully saturated rings. The molecule has 0 spiro atoms. The van der Waals surface area contributed by atoms with Crippen LogP contribution in [0.25, 0.3) is 11.1 Å². The zero-order valence-electron chi connectivity index (χ0n) is 37.6. The van der Waals surface area contributed by atoms with Crippen LogP contribution in [0.3, 0.4) is 0 Å². The Bertz CT molecular complexity index is 3100. The Morgan fingerprint density at radius 3 is 1.09 bits per heavy atom. The molecule has 2 aliphatic heterocycles. The van der Waals surface area contributed by atoms with Crippen molar-refractivity contribution in [3.05, 3.63) is 288 Å². The highest BCUT2D eigenvalue weighted by Gasteiger charge is 2.50. The molecule has 10 aromatic rings. The van der Waals surface area contributed by atoms with E-state index in [0.717, 1.165) is 5.69 Å². The van der Waals surface area contributed by atoms with Crippen LogP contribution >= 0.6 is 0 Å². The molecule has 0 atom stereocenters. The van der Waals surface area contributed by atoms with Crippen molar-refractivity contribution in [2.75, 3.05) is 9.80 Å². The van der Waals surface area contributed by atoms with Gasteiger partial charge in [0.05, 0.1) is 16.8 Å². The zero-order valence-corrected chi connectivity index (χ0v) is 38.6. The van der Waals surface area contributed by atoms with Gasteiger partial charge in [-0.3, -0.25) is 0 Å². The molecule has 13 rings (SSSR count). The molecule has 10 aromatic carbocycles. The van der Waals surface area contributed by atoms with Gasteiger partial charge in [-0.05, 0) is 114 Å². The average Bonchev–Trinajstić information content (AvgIpc) is 3.62. The summed E-state index contributed by atoms with van der Waals surface area (Å²) in [5, 5.41) is 5.60. The molecule has 1 aliphatic carbocycles. The number of anilines is 6. The number of fused-ring (bicyclic) bond motifs is 7. The molecule has 2 nitrogen and oxygen atoms in total. The third kappa shape index (κ3) is 5.50. The van der Waals surface area contributed by atoms with Gasteiger partial charge >= 0.3 is 0 Å². The highest BCUT2D eigenvalue weighted by molar-refractivity contribution is 7.21. The largest absolute Gasteiger partial charge is 0.311 e. The molecular weight excluding hydrogens is 825 g/mol. The second-order valence-corrected chi connectivity index (χ2v) is 22.5. The van der Waals surface area contributed by atoms with Crippen LogP contribution in [0.15, 0.2) is 255 Å². The topological polar surface area (TPSA) is 6.48 Å². The molecule has 0 bridgehead atoms. The van der Waals surface area contributed by atoms with E-state index in [1.54, 1.807) is 0 Å². The van der Waals surface area contributed by atoms with Crippen LogP contribution < -0.4 is 30.5 Å². The van der Waals surface area contributed by atoms with Gasteiger partial charge in [-0.25, -0.2) is 0 Å². The number of hydrogen-bond donors (Lipinski definition) is 0. The van der Waals surface area contributed by atoms with Gasteiger partial charge in [-0.1, -0.05) is 220 Å². The predicted octanol–water partition coefficient (Wildman–Crippen LogP) is 13.3. The van der Waals surface area contributed by atoms with E-state index in [9.17, 15) is 0 Å². The van der Waals surface area contributed by atoms with Gasteiger partial charge in [0.1, 0.15) is 0 Å². The molecule has 0 saturated heterocycles. The van der Waals surface area contributed by atoms with Crippen LogP contribution in [0.5, 0.6) is 0 Å². The summed E-state index contributed by atoms with van der Waals surface area (Å²) in [4.78, 5) is 5.05. The van der Waals surface area contributed by atoms with Gasteiger partial charge in [0, 0.05) is 28.2 Å². The van der Waals surface area contributed by atoms with Crippen molar-refractivity contribution < 1.29 is 0 Å². The molecule has 2 heterocycles. The lowest BCUT2D eigenvalue weighted by molar-refractivity contribution is 0.660. The number of benzene rings is 10. The molecular formula is C64H48N2Si. The van der Waals surface area contributed by atoms with Crippen molar-refractivity contribution in [1.82, 2.24) is 0 Å². The Kier molecular flexibility index (Phi) is 8.84. The minimum Gasteiger partial charge on any atom is -0.311 e. The van der Waals surface area contributed by atoms with Gasteiger partial charge in [0.15, 0.2) is 8.07 Å². The summed E-state index contributed by atoms with van der Waals surface area (Å²) < 4.78 is 0. The third-order valence-corrected chi connectivity index (χ3v) is 20.0. The Morgan fingerprint density at radius 2 is 0.657 bits per heavy atom. The summed E-state index contributed by atoms with van der Waals surface area (Å²) in [6, 6.07) is 95.6. The summed E-state index contributed by atoms with van der Waals surface area (Å²) in [5.41, 5.74) is 16.8. The molecule has 0 N–H and O–H groups in total. The van der Waals surface area contributed by atoms with Gasteiger partial charge in [-0.15, -0.1) is 0 Å². The van der Waals surface area contributed by atoms with Crippen LogP contribution in [0.4, 0.5) is 34.1 Å².